The van der Waals surface area contributed by atoms with Crippen LogP contribution in [0.1, 0.15) is 19.3 Å². The van der Waals surface area contributed by atoms with E-state index in [1.807, 2.05) is 36.4 Å². The van der Waals surface area contributed by atoms with Gasteiger partial charge >= 0.3 is 0 Å². The quantitative estimate of drug-likeness (QED) is 0.930. The van der Waals surface area contributed by atoms with Crippen LogP contribution in [0.3, 0.4) is 0 Å². The third-order valence-electron chi connectivity index (χ3n) is 4.49. The molecule has 1 fully saturated rings. The highest BCUT2D eigenvalue weighted by molar-refractivity contribution is 5.99. The van der Waals surface area contributed by atoms with Gasteiger partial charge in [0.2, 0.25) is 5.91 Å². The summed E-state index contributed by atoms with van der Waals surface area (Å²) in [4.78, 5) is 14.3. The minimum absolute atomic E-state index is 0.0292. The summed E-state index contributed by atoms with van der Waals surface area (Å²) in [6.07, 6.45) is 2.61. The Bertz CT molecular complexity index is 641. The fraction of sp³-hybridized carbons (Fsp3) is 0.353. The molecular formula is C17H19NO2. The van der Waals surface area contributed by atoms with E-state index >= 15 is 0 Å². The molecule has 20 heavy (non-hydrogen) atoms. The lowest BCUT2D eigenvalue weighted by molar-refractivity contribution is -0.136. The smallest absolute Gasteiger partial charge is 0.235 e. The first-order chi connectivity index (χ1) is 9.66. The summed E-state index contributed by atoms with van der Waals surface area (Å²) in [5.41, 5.74) is 0.342. The molecule has 1 N–H and O–H groups in total. The predicted molar refractivity (Wildman–Crippen MR) is 80.7 cm³/mol. The molecule has 0 radical (unpaired) electrons. The molecule has 0 heterocycles. The van der Waals surface area contributed by atoms with Gasteiger partial charge in [0.15, 0.2) is 0 Å². The van der Waals surface area contributed by atoms with E-state index in [2.05, 4.69) is 6.07 Å². The fourth-order valence-corrected chi connectivity index (χ4v) is 2.90. The molecule has 2 aromatic carbocycles. The first-order valence-electron chi connectivity index (χ1n) is 7.04. The summed E-state index contributed by atoms with van der Waals surface area (Å²) in [6.45, 7) is -0.0518. The lowest BCUT2D eigenvalue weighted by Crippen LogP contribution is -2.49. The molecule has 0 aliphatic heterocycles. The van der Waals surface area contributed by atoms with Crippen LogP contribution in [0.5, 0.6) is 0 Å². The van der Waals surface area contributed by atoms with Crippen molar-refractivity contribution in [3.05, 3.63) is 42.5 Å². The Balaban J connectivity index is 1.92. The number of hydrogen-bond acceptors (Lipinski definition) is 2. The molecule has 0 saturated heterocycles. The molecule has 1 saturated carbocycles. The number of carbonyl (C=O) groups excluding carboxylic acids is 1. The van der Waals surface area contributed by atoms with Gasteiger partial charge in [0, 0.05) is 12.7 Å². The average Bonchev–Trinajstić information content (AvgIpc) is 2.45. The van der Waals surface area contributed by atoms with Crippen LogP contribution in [0.15, 0.2) is 42.5 Å². The highest BCUT2D eigenvalue weighted by atomic mass is 16.3. The molecule has 1 aliphatic rings. The first-order valence-corrected chi connectivity index (χ1v) is 7.04. The largest absolute Gasteiger partial charge is 0.395 e. The van der Waals surface area contributed by atoms with Crippen molar-refractivity contribution in [2.75, 3.05) is 18.6 Å². The zero-order valence-corrected chi connectivity index (χ0v) is 11.7. The van der Waals surface area contributed by atoms with E-state index in [1.165, 1.54) is 0 Å². The minimum Gasteiger partial charge on any atom is -0.395 e. The van der Waals surface area contributed by atoms with Crippen LogP contribution in [-0.4, -0.2) is 24.7 Å². The second-order valence-corrected chi connectivity index (χ2v) is 5.69. The molecule has 0 spiro atoms. The molecule has 1 amide bonds. The van der Waals surface area contributed by atoms with Gasteiger partial charge in [-0.15, -0.1) is 0 Å². The van der Waals surface area contributed by atoms with Crippen LogP contribution >= 0.6 is 0 Å². The third kappa shape index (κ3) is 1.98. The van der Waals surface area contributed by atoms with Crippen LogP contribution in [-0.2, 0) is 4.79 Å². The third-order valence-corrected chi connectivity index (χ3v) is 4.49. The lowest BCUT2D eigenvalue weighted by atomic mass is 9.68. The molecule has 0 atom stereocenters. The van der Waals surface area contributed by atoms with Gasteiger partial charge in [0.25, 0.3) is 0 Å². The molecule has 3 nitrogen and oxygen atoms in total. The van der Waals surface area contributed by atoms with Gasteiger partial charge in [0.05, 0.1) is 12.0 Å². The van der Waals surface area contributed by atoms with Crippen molar-refractivity contribution < 1.29 is 9.90 Å². The molecule has 0 bridgehead atoms. The van der Waals surface area contributed by atoms with Crippen LogP contribution in [0, 0.1) is 5.41 Å². The Hall–Kier alpha value is -1.87. The van der Waals surface area contributed by atoms with Gasteiger partial charge in [-0.3, -0.25) is 4.79 Å². The number of rotatable bonds is 3. The Kier molecular flexibility index (Phi) is 3.22. The summed E-state index contributed by atoms with van der Waals surface area (Å²) in [5, 5.41) is 11.8. The molecule has 3 heteroatoms. The molecule has 2 aromatic rings. The highest BCUT2D eigenvalue weighted by Gasteiger charge is 2.45. The monoisotopic (exact) mass is 269 g/mol. The number of aliphatic hydroxyl groups is 1. The Morgan fingerprint density at radius 2 is 1.90 bits per heavy atom. The van der Waals surface area contributed by atoms with Gasteiger partial charge in [-0.1, -0.05) is 36.8 Å². The zero-order chi connectivity index (χ0) is 14.2. The van der Waals surface area contributed by atoms with Crippen molar-refractivity contribution in [2.45, 2.75) is 19.3 Å². The number of hydrogen-bond donors (Lipinski definition) is 1. The maximum Gasteiger partial charge on any atom is 0.235 e. The summed E-state index contributed by atoms with van der Waals surface area (Å²) in [5.74, 6) is 0.0292. The van der Waals surface area contributed by atoms with E-state index in [-0.39, 0.29) is 12.5 Å². The van der Waals surface area contributed by atoms with Crippen molar-refractivity contribution in [3.8, 4) is 0 Å². The van der Waals surface area contributed by atoms with Crippen molar-refractivity contribution in [1.29, 1.82) is 0 Å². The lowest BCUT2D eigenvalue weighted by Gasteiger charge is -2.41. The maximum atomic E-state index is 12.6. The average molecular weight is 269 g/mol. The van der Waals surface area contributed by atoms with Crippen molar-refractivity contribution in [3.63, 3.8) is 0 Å². The van der Waals surface area contributed by atoms with E-state index in [0.717, 1.165) is 35.7 Å². The number of nitrogens with zero attached hydrogens (tertiary/aromatic N) is 1. The van der Waals surface area contributed by atoms with E-state index in [1.54, 1.807) is 11.9 Å². The van der Waals surface area contributed by atoms with E-state index in [0.29, 0.717) is 0 Å². The Morgan fingerprint density at radius 1 is 1.20 bits per heavy atom. The normalized spacial score (nSPS) is 16.7. The number of benzene rings is 2. The van der Waals surface area contributed by atoms with E-state index in [4.69, 9.17) is 0 Å². The van der Waals surface area contributed by atoms with Gasteiger partial charge in [-0.2, -0.15) is 0 Å². The molecule has 1 aliphatic carbocycles. The molecule has 0 unspecified atom stereocenters. The van der Waals surface area contributed by atoms with E-state index in [9.17, 15) is 9.90 Å². The van der Waals surface area contributed by atoms with Crippen LogP contribution in [0.4, 0.5) is 5.69 Å². The SMILES string of the molecule is CN(C(=O)C1(CO)CCC1)c1ccc2ccccc2c1. The first kappa shape index (κ1) is 13.1. The number of aliphatic hydroxyl groups excluding tert-OH is 1. The number of carbonyl (C=O) groups is 1. The van der Waals surface area contributed by atoms with Crippen LogP contribution < -0.4 is 4.90 Å². The van der Waals surface area contributed by atoms with Gasteiger partial charge in [-0.05, 0) is 35.7 Å². The summed E-state index contributed by atoms with van der Waals surface area (Å²) in [6, 6.07) is 14.1. The molecular weight excluding hydrogens is 250 g/mol. The minimum atomic E-state index is -0.541. The van der Waals surface area contributed by atoms with E-state index < -0.39 is 5.41 Å². The second-order valence-electron chi connectivity index (χ2n) is 5.69. The predicted octanol–water partition coefficient (Wildman–Crippen LogP) is 2.97. The standard InChI is InChI=1S/C17H19NO2/c1-18(16(20)17(12-19)9-4-10-17)15-8-7-13-5-2-3-6-14(13)11-15/h2-3,5-8,11,19H,4,9-10,12H2,1H3. The van der Waals surface area contributed by atoms with Crippen LogP contribution in [0.2, 0.25) is 0 Å². The van der Waals surface area contributed by atoms with Crippen molar-refractivity contribution in [2.24, 2.45) is 5.41 Å². The van der Waals surface area contributed by atoms with Crippen LogP contribution in [0.25, 0.3) is 10.8 Å². The summed E-state index contributed by atoms with van der Waals surface area (Å²) >= 11 is 0. The molecule has 0 aromatic heterocycles. The zero-order valence-electron chi connectivity index (χ0n) is 11.7. The van der Waals surface area contributed by atoms with Crippen molar-refractivity contribution >= 4 is 22.4 Å². The highest BCUT2D eigenvalue weighted by Crippen LogP contribution is 2.42. The summed E-state index contributed by atoms with van der Waals surface area (Å²) < 4.78 is 0. The number of anilines is 1. The number of fused-ring (bicyclic) bond motifs is 1. The van der Waals surface area contributed by atoms with Crippen molar-refractivity contribution in [1.82, 2.24) is 0 Å². The second kappa shape index (κ2) is 4.91. The number of amides is 1. The molecule has 104 valence electrons. The fourth-order valence-electron chi connectivity index (χ4n) is 2.90. The Labute approximate surface area is 118 Å². The maximum absolute atomic E-state index is 12.6. The summed E-state index contributed by atoms with van der Waals surface area (Å²) in [7, 11) is 1.79. The van der Waals surface area contributed by atoms with Gasteiger partial charge < -0.3 is 10.0 Å². The molecule has 3 rings (SSSR count). The topological polar surface area (TPSA) is 40.5 Å². The van der Waals surface area contributed by atoms with Gasteiger partial charge in [0.1, 0.15) is 0 Å². The Morgan fingerprint density at radius 3 is 2.50 bits per heavy atom. The van der Waals surface area contributed by atoms with Gasteiger partial charge in [-0.25, -0.2) is 0 Å².